The third kappa shape index (κ3) is 2.88. The summed E-state index contributed by atoms with van der Waals surface area (Å²) >= 11 is 3.03. The SMILES string of the molecule is O=C(Nc1ccncc1)c1ccc(F)c(Br)c1. The van der Waals surface area contributed by atoms with Gasteiger partial charge in [-0.05, 0) is 46.3 Å². The fraction of sp³-hybridized carbons (Fsp3) is 0. The van der Waals surface area contributed by atoms with Crippen molar-refractivity contribution in [3.63, 3.8) is 0 Å². The maximum atomic E-state index is 13.0. The van der Waals surface area contributed by atoms with Gasteiger partial charge in [0.05, 0.1) is 4.47 Å². The molecule has 2 rings (SSSR count). The highest BCUT2D eigenvalue weighted by atomic mass is 79.9. The highest BCUT2D eigenvalue weighted by Gasteiger charge is 2.08. The van der Waals surface area contributed by atoms with Gasteiger partial charge in [-0.15, -0.1) is 0 Å². The van der Waals surface area contributed by atoms with E-state index in [1.54, 1.807) is 24.5 Å². The van der Waals surface area contributed by atoms with Crippen LogP contribution in [0.2, 0.25) is 0 Å². The molecule has 0 saturated heterocycles. The molecule has 0 atom stereocenters. The Bertz CT molecular complexity index is 545. The number of aromatic nitrogens is 1. The maximum absolute atomic E-state index is 13.0. The molecule has 5 heteroatoms. The summed E-state index contributed by atoms with van der Waals surface area (Å²) in [6, 6.07) is 7.46. The zero-order valence-electron chi connectivity index (χ0n) is 8.65. The van der Waals surface area contributed by atoms with Gasteiger partial charge in [0.15, 0.2) is 0 Å². The largest absolute Gasteiger partial charge is 0.322 e. The van der Waals surface area contributed by atoms with Crippen LogP contribution in [0, 0.1) is 5.82 Å². The fourth-order valence-electron chi connectivity index (χ4n) is 1.28. The smallest absolute Gasteiger partial charge is 0.255 e. The predicted octanol–water partition coefficient (Wildman–Crippen LogP) is 3.24. The van der Waals surface area contributed by atoms with Crippen molar-refractivity contribution in [3.05, 3.63) is 58.6 Å². The van der Waals surface area contributed by atoms with Crippen molar-refractivity contribution in [2.75, 3.05) is 5.32 Å². The number of carbonyl (C=O) groups is 1. The van der Waals surface area contributed by atoms with Gasteiger partial charge in [0.1, 0.15) is 5.82 Å². The molecule has 0 saturated carbocycles. The third-order valence-electron chi connectivity index (χ3n) is 2.12. The van der Waals surface area contributed by atoms with Crippen LogP contribution in [0.25, 0.3) is 0 Å². The van der Waals surface area contributed by atoms with E-state index in [0.717, 1.165) is 0 Å². The molecule has 17 heavy (non-hydrogen) atoms. The van der Waals surface area contributed by atoms with Crippen molar-refractivity contribution in [1.82, 2.24) is 4.98 Å². The molecule has 0 spiro atoms. The molecule has 1 aromatic carbocycles. The molecule has 2 aromatic rings. The Morgan fingerprint density at radius 2 is 1.94 bits per heavy atom. The summed E-state index contributed by atoms with van der Waals surface area (Å²) in [5.74, 6) is -0.692. The minimum absolute atomic E-state index is 0.264. The van der Waals surface area contributed by atoms with Crippen LogP contribution in [0.3, 0.4) is 0 Å². The average molecular weight is 295 g/mol. The topological polar surface area (TPSA) is 42.0 Å². The van der Waals surface area contributed by atoms with Gasteiger partial charge < -0.3 is 5.32 Å². The molecule has 0 aliphatic carbocycles. The lowest BCUT2D eigenvalue weighted by Gasteiger charge is -2.05. The van der Waals surface area contributed by atoms with Crippen LogP contribution in [0.1, 0.15) is 10.4 Å². The van der Waals surface area contributed by atoms with E-state index in [-0.39, 0.29) is 10.4 Å². The Labute approximate surface area is 106 Å². The Hall–Kier alpha value is -1.75. The number of nitrogens with one attached hydrogen (secondary N) is 1. The van der Waals surface area contributed by atoms with Crippen LogP contribution in [0.5, 0.6) is 0 Å². The van der Waals surface area contributed by atoms with Crippen molar-refractivity contribution >= 4 is 27.5 Å². The van der Waals surface area contributed by atoms with E-state index in [4.69, 9.17) is 0 Å². The second-order valence-electron chi connectivity index (χ2n) is 3.32. The first-order valence-electron chi connectivity index (χ1n) is 4.83. The second-order valence-corrected chi connectivity index (χ2v) is 4.17. The minimum Gasteiger partial charge on any atom is -0.322 e. The van der Waals surface area contributed by atoms with Gasteiger partial charge in [0.25, 0.3) is 5.91 Å². The zero-order chi connectivity index (χ0) is 12.3. The standard InChI is InChI=1S/C12H8BrFN2O/c13-10-7-8(1-2-11(10)14)12(17)16-9-3-5-15-6-4-9/h1-7H,(H,15,16,17). The Morgan fingerprint density at radius 1 is 1.24 bits per heavy atom. The number of amides is 1. The number of hydrogen-bond donors (Lipinski definition) is 1. The van der Waals surface area contributed by atoms with Gasteiger partial charge in [-0.3, -0.25) is 9.78 Å². The molecule has 0 unspecified atom stereocenters. The van der Waals surface area contributed by atoms with Gasteiger partial charge in [-0.25, -0.2) is 4.39 Å². The van der Waals surface area contributed by atoms with E-state index in [1.807, 2.05) is 0 Å². The minimum atomic E-state index is -0.398. The lowest BCUT2D eigenvalue weighted by Crippen LogP contribution is -2.11. The fourth-order valence-corrected chi connectivity index (χ4v) is 1.65. The molecule has 0 radical (unpaired) electrons. The zero-order valence-corrected chi connectivity index (χ0v) is 10.2. The number of hydrogen-bond acceptors (Lipinski definition) is 2. The maximum Gasteiger partial charge on any atom is 0.255 e. The summed E-state index contributed by atoms with van der Waals surface area (Å²) < 4.78 is 13.3. The van der Waals surface area contributed by atoms with Crippen LogP contribution < -0.4 is 5.32 Å². The Kier molecular flexibility index (Phi) is 3.49. The van der Waals surface area contributed by atoms with Crippen LogP contribution in [0.15, 0.2) is 47.2 Å². The summed E-state index contributed by atoms with van der Waals surface area (Å²) in [6.07, 6.45) is 3.16. The second kappa shape index (κ2) is 5.05. The molecule has 0 fully saturated rings. The summed E-state index contributed by atoms with van der Waals surface area (Å²) in [4.78, 5) is 15.6. The molecule has 0 bridgehead atoms. The summed E-state index contributed by atoms with van der Waals surface area (Å²) in [6.45, 7) is 0. The van der Waals surface area contributed by atoms with E-state index in [2.05, 4.69) is 26.2 Å². The normalized spacial score (nSPS) is 10.0. The van der Waals surface area contributed by atoms with Crippen LogP contribution in [0.4, 0.5) is 10.1 Å². The van der Waals surface area contributed by atoms with E-state index >= 15 is 0 Å². The monoisotopic (exact) mass is 294 g/mol. The van der Waals surface area contributed by atoms with Gasteiger partial charge >= 0.3 is 0 Å². The number of benzene rings is 1. The van der Waals surface area contributed by atoms with Gasteiger partial charge in [0, 0.05) is 23.6 Å². The van der Waals surface area contributed by atoms with Crippen molar-refractivity contribution < 1.29 is 9.18 Å². The quantitative estimate of drug-likeness (QED) is 0.924. The summed E-state index contributed by atoms with van der Waals surface area (Å²) in [5, 5.41) is 2.68. The highest BCUT2D eigenvalue weighted by Crippen LogP contribution is 2.17. The Morgan fingerprint density at radius 3 is 2.59 bits per heavy atom. The number of rotatable bonds is 2. The number of pyridine rings is 1. The highest BCUT2D eigenvalue weighted by molar-refractivity contribution is 9.10. The van der Waals surface area contributed by atoms with Gasteiger partial charge in [-0.2, -0.15) is 0 Å². The molecule has 0 aliphatic heterocycles. The Balaban J connectivity index is 2.18. The van der Waals surface area contributed by atoms with Crippen molar-refractivity contribution in [2.45, 2.75) is 0 Å². The van der Waals surface area contributed by atoms with E-state index in [9.17, 15) is 9.18 Å². The van der Waals surface area contributed by atoms with Crippen molar-refractivity contribution in [1.29, 1.82) is 0 Å². The van der Waals surface area contributed by atoms with Crippen molar-refractivity contribution in [3.8, 4) is 0 Å². The average Bonchev–Trinajstić information content (AvgIpc) is 2.34. The summed E-state index contributed by atoms with van der Waals surface area (Å²) in [5.41, 5.74) is 1.03. The van der Waals surface area contributed by atoms with E-state index in [1.165, 1.54) is 18.2 Å². The first-order valence-corrected chi connectivity index (χ1v) is 5.62. The number of carbonyl (C=O) groups excluding carboxylic acids is 1. The lowest BCUT2D eigenvalue weighted by atomic mass is 10.2. The number of anilines is 1. The molecule has 1 heterocycles. The van der Waals surface area contributed by atoms with Crippen LogP contribution in [-0.2, 0) is 0 Å². The molecule has 1 amide bonds. The lowest BCUT2D eigenvalue weighted by molar-refractivity contribution is 0.102. The molecular weight excluding hydrogens is 287 g/mol. The van der Waals surface area contributed by atoms with Gasteiger partial charge in [0.2, 0.25) is 0 Å². The van der Waals surface area contributed by atoms with Crippen molar-refractivity contribution in [2.24, 2.45) is 0 Å². The van der Waals surface area contributed by atoms with E-state index in [0.29, 0.717) is 11.3 Å². The molecule has 1 aromatic heterocycles. The van der Waals surface area contributed by atoms with Gasteiger partial charge in [-0.1, -0.05) is 0 Å². The first kappa shape index (κ1) is 11.7. The first-order chi connectivity index (χ1) is 8.16. The molecule has 0 aliphatic rings. The predicted molar refractivity (Wildman–Crippen MR) is 66.3 cm³/mol. The van der Waals surface area contributed by atoms with Crippen LogP contribution >= 0.6 is 15.9 Å². The molecular formula is C12H8BrFN2O. The van der Waals surface area contributed by atoms with E-state index < -0.39 is 5.82 Å². The molecule has 86 valence electrons. The summed E-state index contributed by atoms with van der Waals surface area (Å²) in [7, 11) is 0. The molecule has 3 nitrogen and oxygen atoms in total. The number of halogens is 2. The number of nitrogens with zero attached hydrogens (tertiary/aromatic N) is 1. The van der Waals surface area contributed by atoms with Crippen LogP contribution in [-0.4, -0.2) is 10.9 Å². The molecule has 1 N–H and O–H groups in total. The third-order valence-corrected chi connectivity index (χ3v) is 2.73.